The Balaban J connectivity index is 1.87. The molecule has 0 amide bonds. The van der Waals surface area contributed by atoms with Gasteiger partial charge in [-0.25, -0.2) is 4.98 Å². The minimum Gasteiger partial charge on any atom is -0.398 e. The number of nitrogens with one attached hydrogen (secondary N) is 1. The average molecular weight is 231 g/mol. The molecule has 5 nitrogen and oxygen atoms in total. The van der Waals surface area contributed by atoms with Crippen LogP contribution in [-0.2, 0) is 6.54 Å². The summed E-state index contributed by atoms with van der Waals surface area (Å²) in [7, 11) is 0. The number of hydrogen-bond donors (Lipinski definition) is 2. The van der Waals surface area contributed by atoms with Gasteiger partial charge in [-0.2, -0.15) is 5.10 Å². The third-order valence-electron chi connectivity index (χ3n) is 2.55. The molecule has 90 valence electrons. The van der Waals surface area contributed by atoms with Crippen LogP contribution in [0.4, 0.5) is 11.5 Å². The topological polar surface area (TPSA) is 68.8 Å². The number of nitrogens with two attached hydrogens (primary N) is 1. The summed E-state index contributed by atoms with van der Waals surface area (Å²) in [6.45, 7) is 5.55. The summed E-state index contributed by atoms with van der Waals surface area (Å²) >= 11 is 0. The molecule has 0 saturated carbocycles. The molecule has 0 unspecified atom stereocenters. The zero-order valence-corrected chi connectivity index (χ0v) is 10.1. The van der Waals surface area contributed by atoms with E-state index in [4.69, 9.17) is 5.73 Å². The van der Waals surface area contributed by atoms with Crippen LogP contribution >= 0.6 is 0 Å². The SMILES string of the molecule is Cc1cnn(CCNc2cc(N)c(C)cn2)c1. The highest BCUT2D eigenvalue weighted by Gasteiger charge is 1.98. The van der Waals surface area contributed by atoms with Gasteiger partial charge in [0, 0.05) is 30.7 Å². The predicted molar refractivity (Wildman–Crippen MR) is 68.8 cm³/mol. The van der Waals surface area contributed by atoms with Crippen molar-refractivity contribution < 1.29 is 0 Å². The van der Waals surface area contributed by atoms with Crippen LogP contribution in [-0.4, -0.2) is 21.3 Å². The third kappa shape index (κ3) is 2.96. The number of rotatable bonds is 4. The van der Waals surface area contributed by atoms with Gasteiger partial charge in [0.1, 0.15) is 5.82 Å². The Kier molecular flexibility index (Phi) is 3.27. The molecule has 2 rings (SSSR count). The van der Waals surface area contributed by atoms with Gasteiger partial charge in [-0.3, -0.25) is 4.68 Å². The molecule has 2 heterocycles. The first-order chi connectivity index (χ1) is 8.15. The van der Waals surface area contributed by atoms with E-state index in [9.17, 15) is 0 Å². The minimum atomic E-state index is 0.762. The number of aryl methyl sites for hydroxylation is 2. The second-order valence-corrected chi connectivity index (χ2v) is 4.13. The van der Waals surface area contributed by atoms with Crippen molar-refractivity contribution in [1.29, 1.82) is 0 Å². The van der Waals surface area contributed by atoms with Crippen LogP contribution in [0.2, 0.25) is 0 Å². The maximum atomic E-state index is 5.81. The van der Waals surface area contributed by atoms with E-state index in [-0.39, 0.29) is 0 Å². The highest BCUT2D eigenvalue weighted by atomic mass is 15.3. The van der Waals surface area contributed by atoms with E-state index in [0.717, 1.165) is 30.2 Å². The largest absolute Gasteiger partial charge is 0.398 e. The van der Waals surface area contributed by atoms with Crippen LogP contribution in [0.3, 0.4) is 0 Å². The standard InChI is InChI=1S/C12H17N5/c1-9-6-16-17(8-9)4-3-14-12-5-11(13)10(2)7-15-12/h5-8H,3-4H2,1-2H3,(H3,13,14,15). The Morgan fingerprint density at radius 3 is 2.82 bits per heavy atom. The molecule has 5 heteroatoms. The fraction of sp³-hybridized carbons (Fsp3) is 0.333. The second-order valence-electron chi connectivity index (χ2n) is 4.13. The number of hydrogen-bond acceptors (Lipinski definition) is 4. The fourth-order valence-corrected chi connectivity index (χ4v) is 1.52. The van der Waals surface area contributed by atoms with Gasteiger partial charge < -0.3 is 11.1 Å². The smallest absolute Gasteiger partial charge is 0.128 e. The molecule has 0 spiro atoms. The zero-order valence-electron chi connectivity index (χ0n) is 10.1. The lowest BCUT2D eigenvalue weighted by molar-refractivity contribution is 0.637. The minimum absolute atomic E-state index is 0.762. The fourth-order valence-electron chi connectivity index (χ4n) is 1.52. The van der Waals surface area contributed by atoms with E-state index in [1.165, 1.54) is 5.56 Å². The summed E-state index contributed by atoms with van der Waals surface area (Å²) in [6.07, 6.45) is 5.64. The number of nitrogen functional groups attached to an aromatic ring is 1. The summed E-state index contributed by atoms with van der Waals surface area (Å²) < 4.78 is 1.90. The molecule has 0 saturated heterocycles. The molecule has 3 N–H and O–H groups in total. The Labute approximate surface area is 101 Å². The molecule has 0 fully saturated rings. The maximum Gasteiger partial charge on any atom is 0.128 e. The summed E-state index contributed by atoms with van der Waals surface area (Å²) in [6, 6.07) is 1.85. The lowest BCUT2D eigenvalue weighted by atomic mass is 10.2. The Morgan fingerprint density at radius 1 is 1.35 bits per heavy atom. The molecule has 0 atom stereocenters. The monoisotopic (exact) mass is 231 g/mol. The normalized spacial score (nSPS) is 10.5. The Bertz CT molecular complexity index is 503. The van der Waals surface area contributed by atoms with Crippen molar-refractivity contribution in [3.63, 3.8) is 0 Å². The van der Waals surface area contributed by atoms with Crippen molar-refractivity contribution >= 4 is 11.5 Å². The second kappa shape index (κ2) is 4.86. The van der Waals surface area contributed by atoms with Gasteiger partial charge in [-0.05, 0) is 25.0 Å². The van der Waals surface area contributed by atoms with Gasteiger partial charge >= 0.3 is 0 Å². The molecule has 0 aliphatic rings. The predicted octanol–water partition coefficient (Wildman–Crippen LogP) is 1.59. The van der Waals surface area contributed by atoms with E-state index in [2.05, 4.69) is 15.4 Å². The van der Waals surface area contributed by atoms with Crippen molar-refractivity contribution in [2.45, 2.75) is 20.4 Å². The maximum absolute atomic E-state index is 5.81. The molecule has 2 aromatic heterocycles. The van der Waals surface area contributed by atoms with Crippen LogP contribution in [0.25, 0.3) is 0 Å². The lowest BCUT2D eigenvalue weighted by Gasteiger charge is -2.07. The average Bonchev–Trinajstić information content (AvgIpc) is 2.70. The molecule has 0 radical (unpaired) electrons. The lowest BCUT2D eigenvalue weighted by Crippen LogP contribution is -2.11. The van der Waals surface area contributed by atoms with Crippen molar-refractivity contribution in [2.24, 2.45) is 0 Å². The first-order valence-electron chi connectivity index (χ1n) is 5.60. The molecule has 0 aliphatic heterocycles. The molecular formula is C12H17N5. The number of anilines is 2. The molecule has 17 heavy (non-hydrogen) atoms. The van der Waals surface area contributed by atoms with Crippen LogP contribution in [0.15, 0.2) is 24.7 Å². The number of nitrogens with zero attached hydrogens (tertiary/aromatic N) is 3. The van der Waals surface area contributed by atoms with Crippen molar-refractivity contribution in [2.75, 3.05) is 17.6 Å². The van der Waals surface area contributed by atoms with Crippen LogP contribution in [0.1, 0.15) is 11.1 Å². The highest BCUT2D eigenvalue weighted by Crippen LogP contribution is 2.13. The molecule has 2 aromatic rings. The van der Waals surface area contributed by atoms with E-state index in [1.807, 2.05) is 37.0 Å². The van der Waals surface area contributed by atoms with Gasteiger partial charge in [-0.1, -0.05) is 0 Å². The van der Waals surface area contributed by atoms with Crippen LogP contribution in [0.5, 0.6) is 0 Å². The third-order valence-corrected chi connectivity index (χ3v) is 2.55. The summed E-state index contributed by atoms with van der Waals surface area (Å²) in [5, 5.41) is 7.43. The summed E-state index contributed by atoms with van der Waals surface area (Å²) in [4.78, 5) is 4.25. The molecule has 0 aliphatic carbocycles. The first kappa shape index (κ1) is 11.4. The molecular weight excluding hydrogens is 214 g/mol. The van der Waals surface area contributed by atoms with E-state index >= 15 is 0 Å². The molecule has 0 bridgehead atoms. The number of aromatic nitrogens is 3. The summed E-state index contributed by atoms with van der Waals surface area (Å²) in [5.41, 5.74) is 8.74. The van der Waals surface area contributed by atoms with Crippen molar-refractivity contribution in [3.05, 3.63) is 35.8 Å². The first-order valence-corrected chi connectivity index (χ1v) is 5.60. The van der Waals surface area contributed by atoms with Gasteiger partial charge in [0.15, 0.2) is 0 Å². The van der Waals surface area contributed by atoms with E-state index in [1.54, 1.807) is 6.20 Å². The zero-order chi connectivity index (χ0) is 12.3. The number of pyridine rings is 1. The Hall–Kier alpha value is -2.04. The van der Waals surface area contributed by atoms with Crippen molar-refractivity contribution in [1.82, 2.24) is 14.8 Å². The van der Waals surface area contributed by atoms with Crippen LogP contribution in [0, 0.1) is 13.8 Å². The highest BCUT2D eigenvalue weighted by molar-refractivity contribution is 5.53. The van der Waals surface area contributed by atoms with E-state index < -0.39 is 0 Å². The van der Waals surface area contributed by atoms with Gasteiger partial charge in [0.05, 0.1) is 12.7 Å². The Morgan fingerprint density at radius 2 is 2.18 bits per heavy atom. The quantitative estimate of drug-likeness (QED) is 0.838. The van der Waals surface area contributed by atoms with Gasteiger partial charge in [-0.15, -0.1) is 0 Å². The van der Waals surface area contributed by atoms with Gasteiger partial charge in [0.25, 0.3) is 0 Å². The van der Waals surface area contributed by atoms with Gasteiger partial charge in [0.2, 0.25) is 0 Å². The van der Waals surface area contributed by atoms with Crippen LogP contribution < -0.4 is 11.1 Å². The van der Waals surface area contributed by atoms with Crippen molar-refractivity contribution in [3.8, 4) is 0 Å². The molecule has 0 aromatic carbocycles. The summed E-state index contributed by atoms with van der Waals surface area (Å²) in [5.74, 6) is 0.803. The van der Waals surface area contributed by atoms with E-state index in [0.29, 0.717) is 0 Å².